The van der Waals surface area contributed by atoms with Crippen molar-refractivity contribution in [2.45, 2.75) is 13.8 Å². The van der Waals surface area contributed by atoms with Crippen molar-refractivity contribution in [2.75, 3.05) is 5.32 Å². The first-order chi connectivity index (χ1) is 9.47. The molecule has 0 heterocycles. The zero-order valence-electron chi connectivity index (χ0n) is 11.0. The molecule has 20 heavy (non-hydrogen) atoms. The van der Waals surface area contributed by atoms with Crippen LogP contribution >= 0.6 is 15.9 Å². The van der Waals surface area contributed by atoms with Crippen LogP contribution in [0.3, 0.4) is 0 Å². The monoisotopic (exact) mass is 337 g/mol. The summed E-state index contributed by atoms with van der Waals surface area (Å²) < 4.78 is 19.6. The van der Waals surface area contributed by atoms with Gasteiger partial charge in [-0.15, -0.1) is 0 Å². The Morgan fingerprint density at radius 3 is 2.60 bits per heavy atom. The summed E-state index contributed by atoms with van der Waals surface area (Å²) in [6, 6.07) is 9.53. The Hall–Kier alpha value is -1.88. The Balaban J connectivity index is 2.13. The van der Waals surface area contributed by atoms with Crippen molar-refractivity contribution in [3.05, 3.63) is 57.8 Å². The lowest BCUT2D eigenvalue weighted by atomic mass is 10.1. The second-order valence-electron chi connectivity index (χ2n) is 4.36. The Kier molecular flexibility index (Phi) is 4.39. The van der Waals surface area contributed by atoms with Crippen molar-refractivity contribution in [3.63, 3.8) is 0 Å². The zero-order chi connectivity index (χ0) is 14.7. The molecule has 0 aliphatic carbocycles. The normalized spacial score (nSPS) is 10.2. The first-order valence-corrected chi connectivity index (χ1v) is 6.77. The second-order valence-corrected chi connectivity index (χ2v) is 5.22. The van der Waals surface area contributed by atoms with Crippen LogP contribution in [0, 0.1) is 19.7 Å². The van der Waals surface area contributed by atoms with E-state index in [2.05, 4.69) is 21.2 Å². The van der Waals surface area contributed by atoms with Crippen LogP contribution in [0.4, 0.5) is 14.9 Å². The summed E-state index contributed by atoms with van der Waals surface area (Å²) in [6.07, 6.45) is -0.722. The summed E-state index contributed by atoms with van der Waals surface area (Å²) in [5, 5.41) is 2.37. The molecule has 0 unspecified atom stereocenters. The van der Waals surface area contributed by atoms with Gasteiger partial charge < -0.3 is 4.74 Å². The first kappa shape index (κ1) is 14.5. The van der Waals surface area contributed by atoms with E-state index in [4.69, 9.17) is 4.74 Å². The van der Waals surface area contributed by atoms with Crippen LogP contribution in [0.2, 0.25) is 0 Å². The third-order valence-corrected chi connectivity index (χ3v) is 3.62. The Morgan fingerprint density at radius 2 is 1.90 bits per heavy atom. The maximum Gasteiger partial charge on any atom is 0.417 e. The molecule has 2 aromatic rings. The molecule has 0 spiro atoms. The molecule has 0 saturated carbocycles. The van der Waals surface area contributed by atoms with E-state index in [1.165, 1.54) is 12.1 Å². The van der Waals surface area contributed by atoms with Crippen molar-refractivity contribution in [1.29, 1.82) is 0 Å². The van der Waals surface area contributed by atoms with E-state index < -0.39 is 11.9 Å². The lowest BCUT2D eigenvalue weighted by Crippen LogP contribution is -2.18. The van der Waals surface area contributed by atoms with Crippen LogP contribution in [0.1, 0.15) is 11.1 Å². The van der Waals surface area contributed by atoms with E-state index in [0.717, 1.165) is 15.6 Å². The van der Waals surface area contributed by atoms with Gasteiger partial charge in [0.1, 0.15) is 11.6 Å². The minimum Gasteiger partial charge on any atom is -0.410 e. The van der Waals surface area contributed by atoms with Crippen LogP contribution in [-0.4, -0.2) is 6.09 Å². The quantitative estimate of drug-likeness (QED) is 0.853. The largest absolute Gasteiger partial charge is 0.417 e. The van der Waals surface area contributed by atoms with E-state index in [-0.39, 0.29) is 5.69 Å². The molecular weight excluding hydrogens is 325 g/mol. The molecule has 0 radical (unpaired) electrons. The number of ether oxygens (including phenoxy) is 1. The average molecular weight is 338 g/mol. The number of benzene rings is 2. The predicted molar refractivity (Wildman–Crippen MR) is 79.7 cm³/mol. The van der Waals surface area contributed by atoms with Gasteiger partial charge in [-0.1, -0.05) is 28.1 Å². The number of amides is 1. The smallest absolute Gasteiger partial charge is 0.410 e. The minimum absolute atomic E-state index is 0.0870. The highest BCUT2D eigenvalue weighted by Crippen LogP contribution is 2.26. The van der Waals surface area contributed by atoms with Gasteiger partial charge in [-0.3, -0.25) is 5.32 Å². The van der Waals surface area contributed by atoms with E-state index >= 15 is 0 Å². The van der Waals surface area contributed by atoms with Gasteiger partial charge in [0.25, 0.3) is 0 Å². The summed E-state index contributed by atoms with van der Waals surface area (Å²) in [5.41, 5.74) is 1.85. The van der Waals surface area contributed by atoms with Crippen LogP contribution in [-0.2, 0) is 0 Å². The fourth-order valence-corrected chi connectivity index (χ4v) is 2.12. The molecule has 104 valence electrons. The molecule has 3 nitrogen and oxygen atoms in total. The highest BCUT2D eigenvalue weighted by molar-refractivity contribution is 9.10. The molecule has 2 aromatic carbocycles. The second kappa shape index (κ2) is 6.05. The summed E-state index contributed by atoms with van der Waals surface area (Å²) >= 11 is 3.40. The van der Waals surface area contributed by atoms with Gasteiger partial charge in [-0.2, -0.15) is 0 Å². The summed E-state index contributed by atoms with van der Waals surface area (Å²) in [5.74, 6) is -0.0623. The van der Waals surface area contributed by atoms with Gasteiger partial charge >= 0.3 is 6.09 Å². The van der Waals surface area contributed by atoms with E-state index in [1.807, 2.05) is 19.9 Å². The number of anilines is 1. The molecule has 0 aromatic heterocycles. The Morgan fingerprint density at radius 1 is 1.20 bits per heavy atom. The minimum atomic E-state index is -0.722. The molecule has 2 rings (SSSR count). The van der Waals surface area contributed by atoms with Crippen molar-refractivity contribution < 1.29 is 13.9 Å². The first-order valence-electron chi connectivity index (χ1n) is 5.97. The van der Waals surface area contributed by atoms with Gasteiger partial charge in [-0.05, 0) is 49.2 Å². The summed E-state index contributed by atoms with van der Waals surface area (Å²) in [4.78, 5) is 11.8. The molecule has 0 fully saturated rings. The van der Waals surface area contributed by atoms with Crippen molar-refractivity contribution in [1.82, 2.24) is 0 Å². The Labute approximate surface area is 124 Å². The number of rotatable bonds is 2. The van der Waals surface area contributed by atoms with Crippen LogP contribution in [0.5, 0.6) is 5.75 Å². The molecule has 0 bridgehead atoms. The molecule has 0 aliphatic rings. The molecule has 1 N–H and O–H groups in total. The van der Waals surface area contributed by atoms with Crippen molar-refractivity contribution in [3.8, 4) is 5.75 Å². The number of hydrogen-bond donors (Lipinski definition) is 1. The maximum absolute atomic E-state index is 13.4. The van der Waals surface area contributed by atoms with Crippen molar-refractivity contribution >= 4 is 27.7 Å². The standard InChI is InChI=1S/C15H13BrFNO2/c1-9-8-14(10(2)7-11(9)16)20-15(19)18-13-6-4-3-5-12(13)17/h3-8H,1-2H3,(H,18,19). The molecular formula is C15H13BrFNO2. The number of halogens is 2. The van der Waals surface area contributed by atoms with E-state index in [9.17, 15) is 9.18 Å². The summed E-state index contributed by atoms with van der Waals surface area (Å²) in [7, 11) is 0. The Bertz CT molecular complexity index is 658. The molecule has 0 aliphatic heterocycles. The number of carbonyl (C=O) groups excluding carboxylic acids is 1. The van der Waals surface area contributed by atoms with Crippen LogP contribution in [0.25, 0.3) is 0 Å². The fourth-order valence-electron chi connectivity index (χ4n) is 1.66. The van der Waals surface area contributed by atoms with E-state index in [0.29, 0.717) is 5.75 Å². The van der Waals surface area contributed by atoms with Crippen molar-refractivity contribution in [2.24, 2.45) is 0 Å². The van der Waals surface area contributed by atoms with Gasteiger partial charge in [0, 0.05) is 4.47 Å². The highest BCUT2D eigenvalue weighted by atomic mass is 79.9. The van der Waals surface area contributed by atoms with Gasteiger partial charge in [0.15, 0.2) is 0 Å². The van der Waals surface area contributed by atoms with E-state index in [1.54, 1.807) is 18.2 Å². The third kappa shape index (κ3) is 3.36. The number of nitrogens with one attached hydrogen (secondary N) is 1. The molecule has 5 heteroatoms. The zero-order valence-corrected chi connectivity index (χ0v) is 12.6. The SMILES string of the molecule is Cc1cc(OC(=O)Nc2ccccc2F)c(C)cc1Br. The average Bonchev–Trinajstić information content (AvgIpc) is 2.39. The van der Waals surface area contributed by atoms with Crippen LogP contribution in [0.15, 0.2) is 40.9 Å². The van der Waals surface area contributed by atoms with Gasteiger partial charge in [0.05, 0.1) is 5.69 Å². The number of hydrogen-bond acceptors (Lipinski definition) is 2. The predicted octanol–water partition coefficient (Wildman–Crippen LogP) is 4.82. The number of carbonyl (C=O) groups is 1. The summed E-state index contributed by atoms with van der Waals surface area (Å²) in [6.45, 7) is 3.72. The number of aryl methyl sites for hydroxylation is 2. The number of para-hydroxylation sites is 1. The maximum atomic E-state index is 13.4. The topological polar surface area (TPSA) is 38.3 Å². The molecule has 0 atom stereocenters. The molecule has 1 amide bonds. The highest BCUT2D eigenvalue weighted by Gasteiger charge is 2.11. The molecule has 0 saturated heterocycles. The van der Waals surface area contributed by atoms with Gasteiger partial charge in [-0.25, -0.2) is 9.18 Å². The fraction of sp³-hybridized carbons (Fsp3) is 0.133. The lowest BCUT2D eigenvalue weighted by Gasteiger charge is -2.11. The third-order valence-electron chi connectivity index (χ3n) is 2.77. The van der Waals surface area contributed by atoms with Gasteiger partial charge in [0.2, 0.25) is 0 Å². The lowest BCUT2D eigenvalue weighted by molar-refractivity contribution is 0.214. The van der Waals surface area contributed by atoms with Crippen LogP contribution < -0.4 is 10.1 Å².